The number of nitrogens with one attached hydrogen (secondary N) is 2. The molecule has 0 aliphatic carbocycles. The lowest BCUT2D eigenvalue weighted by atomic mass is 9.96. The van der Waals surface area contributed by atoms with Crippen LogP contribution in [0.4, 0.5) is 5.69 Å². The smallest absolute Gasteiger partial charge is 0.263 e. The van der Waals surface area contributed by atoms with Crippen LogP contribution < -0.4 is 10.0 Å². The van der Waals surface area contributed by atoms with Crippen LogP contribution >= 0.6 is 11.6 Å². The van der Waals surface area contributed by atoms with Crippen LogP contribution in [0.15, 0.2) is 77.7 Å². The van der Waals surface area contributed by atoms with Crippen LogP contribution in [0.5, 0.6) is 0 Å². The van der Waals surface area contributed by atoms with Gasteiger partial charge < -0.3 is 5.32 Å². The Morgan fingerprint density at radius 3 is 2.25 bits per heavy atom. The summed E-state index contributed by atoms with van der Waals surface area (Å²) < 4.78 is 28.4. The Hall–Kier alpha value is -2.83. The van der Waals surface area contributed by atoms with E-state index >= 15 is 0 Å². The topological polar surface area (TPSA) is 75.3 Å². The highest BCUT2D eigenvalue weighted by atomic mass is 35.5. The molecule has 0 saturated carbocycles. The summed E-state index contributed by atoms with van der Waals surface area (Å²) in [6.07, 6.45) is 0.753. The Bertz CT molecular complexity index is 1180. The van der Waals surface area contributed by atoms with Crippen molar-refractivity contribution in [2.45, 2.75) is 38.1 Å². The molecule has 3 aromatic carbocycles. The average molecular weight is 471 g/mol. The summed E-state index contributed by atoms with van der Waals surface area (Å²) in [4.78, 5) is 12.9. The third kappa shape index (κ3) is 6.11. The first-order valence-electron chi connectivity index (χ1n) is 10.4. The summed E-state index contributed by atoms with van der Waals surface area (Å²) in [7, 11) is -3.97. The highest BCUT2D eigenvalue weighted by Gasteiger charge is 2.22. The van der Waals surface area contributed by atoms with Gasteiger partial charge >= 0.3 is 0 Å². The number of hydrogen-bond donors (Lipinski definition) is 2. The lowest BCUT2D eigenvalue weighted by molar-refractivity contribution is 0.0931. The van der Waals surface area contributed by atoms with Gasteiger partial charge in [-0.15, -0.1) is 0 Å². The summed E-state index contributed by atoms with van der Waals surface area (Å²) >= 11 is 6.20. The molecule has 7 heteroatoms. The molecule has 32 heavy (non-hydrogen) atoms. The van der Waals surface area contributed by atoms with Crippen LogP contribution in [-0.4, -0.2) is 14.3 Å². The van der Waals surface area contributed by atoms with Crippen LogP contribution in [0.25, 0.3) is 0 Å². The molecule has 1 unspecified atom stereocenters. The second kappa shape index (κ2) is 10.2. The van der Waals surface area contributed by atoms with E-state index in [0.717, 1.165) is 17.5 Å². The highest BCUT2D eigenvalue weighted by Crippen LogP contribution is 2.27. The number of carbonyl (C=O) groups is 1. The molecule has 0 saturated heterocycles. The molecule has 2 N–H and O–H groups in total. The molecule has 1 amide bonds. The largest absolute Gasteiger partial charge is 0.345 e. The molecular formula is C25H27ClN2O3S. The Kier molecular flexibility index (Phi) is 7.59. The van der Waals surface area contributed by atoms with Gasteiger partial charge in [0, 0.05) is 11.3 Å². The minimum absolute atomic E-state index is 0.0444. The molecule has 5 nitrogen and oxygen atoms in total. The Labute approximate surface area is 194 Å². The molecular weight excluding hydrogens is 444 g/mol. The molecule has 0 heterocycles. The summed E-state index contributed by atoms with van der Waals surface area (Å²) in [6.45, 7) is 6.09. The summed E-state index contributed by atoms with van der Waals surface area (Å²) in [5.41, 5.74) is 2.65. The third-order valence-corrected chi connectivity index (χ3v) is 6.86. The monoisotopic (exact) mass is 470 g/mol. The Balaban J connectivity index is 1.86. The van der Waals surface area contributed by atoms with Gasteiger partial charge in [-0.2, -0.15) is 0 Å². The number of rotatable bonds is 8. The van der Waals surface area contributed by atoms with Crippen molar-refractivity contribution in [1.82, 2.24) is 5.32 Å². The van der Waals surface area contributed by atoms with Crippen molar-refractivity contribution < 1.29 is 13.2 Å². The number of hydrogen-bond acceptors (Lipinski definition) is 3. The van der Waals surface area contributed by atoms with E-state index in [-0.39, 0.29) is 27.4 Å². The van der Waals surface area contributed by atoms with Gasteiger partial charge in [0.25, 0.3) is 15.9 Å². The first-order chi connectivity index (χ1) is 15.2. The SMILES string of the molecule is Cc1ccc(NS(=O)(=O)c2cc(C(=O)NC(CC(C)C)c3ccccc3)ccc2Cl)cc1. The highest BCUT2D eigenvalue weighted by molar-refractivity contribution is 7.92. The van der Waals surface area contributed by atoms with E-state index in [1.54, 1.807) is 12.1 Å². The molecule has 0 aliphatic heterocycles. The zero-order valence-electron chi connectivity index (χ0n) is 18.3. The van der Waals surface area contributed by atoms with Gasteiger partial charge in [-0.05, 0) is 55.2 Å². The van der Waals surface area contributed by atoms with Crippen molar-refractivity contribution in [1.29, 1.82) is 0 Å². The van der Waals surface area contributed by atoms with E-state index in [1.165, 1.54) is 18.2 Å². The van der Waals surface area contributed by atoms with Gasteiger partial charge in [-0.3, -0.25) is 9.52 Å². The molecule has 3 aromatic rings. The lowest BCUT2D eigenvalue weighted by Gasteiger charge is -2.21. The number of anilines is 1. The van der Waals surface area contributed by atoms with Crippen molar-refractivity contribution in [3.8, 4) is 0 Å². The molecule has 0 fully saturated rings. The number of amides is 1. The molecule has 0 radical (unpaired) electrons. The van der Waals surface area contributed by atoms with Crippen LogP contribution in [0.2, 0.25) is 5.02 Å². The minimum Gasteiger partial charge on any atom is -0.345 e. The van der Waals surface area contributed by atoms with Crippen LogP contribution in [0.1, 0.15) is 47.8 Å². The van der Waals surface area contributed by atoms with Crippen LogP contribution in [0, 0.1) is 12.8 Å². The van der Waals surface area contributed by atoms with E-state index in [0.29, 0.717) is 11.6 Å². The van der Waals surface area contributed by atoms with Gasteiger partial charge in [-0.1, -0.05) is 73.5 Å². The van der Waals surface area contributed by atoms with E-state index in [1.807, 2.05) is 49.4 Å². The molecule has 0 aliphatic rings. The molecule has 0 spiro atoms. The van der Waals surface area contributed by atoms with Crippen LogP contribution in [0.3, 0.4) is 0 Å². The van der Waals surface area contributed by atoms with Crippen molar-refractivity contribution in [2.24, 2.45) is 5.92 Å². The van der Waals surface area contributed by atoms with E-state index in [9.17, 15) is 13.2 Å². The van der Waals surface area contributed by atoms with Gasteiger partial charge in [0.1, 0.15) is 4.90 Å². The van der Waals surface area contributed by atoms with E-state index in [2.05, 4.69) is 23.9 Å². The summed E-state index contributed by atoms with van der Waals surface area (Å²) in [5.74, 6) is 0.00308. The Morgan fingerprint density at radius 1 is 0.969 bits per heavy atom. The second-order valence-electron chi connectivity index (χ2n) is 8.18. The van der Waals surface area contributed by atoms with E-state index < -0.39 is 10.0 Å². The van der Waals surface area contributed by atoms with Crippen molar-refractivity contribution in [3.63, 3.8) is 0 Å². The normalized spacial score (nSPS) is 12.4. The molecule has 3 rings (SSSR count). The zero-order chi connectivity index (χ0) is 23.3. The zero-order valence-corrected chi connectivity index (χ0v) is 19.9. The molecule has 1 atom stereocenters. The molecule has 0 aromatic heterocycles. The predicted octanol–water partition coefficient (Wildman–Crippen LogP) is 5.97. The number of aryl methyl sites for hydroxylation is 1. The first-order valence-corrected chi connectivity index (χ1v) is 12.3. The second-order valence-corrected chi connectivity index (χ2v) is 10.2. The summed E-state index contributed by atoms with van der Waals surface area (Å²) in [6, 6.07) is 20.8. The van der Waals surface area contributed by atoms with Gasteiger partial charge in [-0.25, -0.2) is 8.42 Å². The number of sulfonamides is 1. The number of benzene rings is 3. The number of halogens is 1. The number of carbonyl (C=O) groups excluding carboxylic acids is 1. The van der Waals surface area contributed by atoms with Crippen molar-refractivity contribution in [2.75, 3.05) is 4.72 Å². The standard InChI is InChI=1S/C25H27ClN2O3S/c1-17(2)15-23(19-7-5-4-6-8-19)27-25(29)20-11-14-22(26)24(16-20)32(30,31)28-21-12-9-18(3)10-13-21/h4-14,16-17,23,28H,15H2,1-3H3,(H,27,29). The maximum absolute atomic E-state index is 13.0. The maximum atomic E-state index is 13.0. The molecule has 0 bridgehead atoms. The fourth-order valence-electron chi connectivity index (χ4n) is 3.36. The van der Waals surface area contributed by atoms with Gasteiger partial charge in [0.2, 0.25) is 0 Å². The van der Waals surface area contributed by atoms with Crippen LogP contribution in [-0.2, 0) is 10.0 Å². The third-order valence-electron chi connectivity index (χ3n) is 5.00. The average Bonchev–Trinajstić information content (AvgIpc) is 2.75. The van der Waals surface area contributed by atoms with Gasteiger partial charge in [0.15, 0.2) is 0 Å². The first kappa shape index (κ1) is 23.8. The fraction of sp³-hybridized carbons (Fsp3) is 0.240. The minimum atomic E-state index is -3.97. The Morgan fingerprint density at radius 2 is 1.62 bits per heavy atom. The van der Waals surface area contributed by atoms with Gasteiger partial charge in [0.05, 0.1) is 11.1 Å². The van der Waals surface area contributed by atoms with E-state index in [4.69, 9.17) is 11.6 Å². The van der Waals surface area contributed by atoms with Crippen molar-refractivity contribution >= 4 is 33.2 Å². The summed E-state index contributed by atoms with van der Waals surface area (Å²) in [5, 5.41) is 3.08. The molecule has 168 valence electrons. The lowest BCUT2D eigenvalue weighted by Crippen LogP contribution is -2.29. The fourth-order valence-corrected chi connectivity index (χ4v) is 4.94. The maximum Gasteiger partial charge on any atom is 0.263 e. The predicted molar refractivity (Wildman–Crippen MR) is 130 cm³/mol. The van der Waals surface area contributed by atoms with Crippen molar-refractivity contribution in [3.05, 3.63) is 94.5 Å². The quantitative estimate of drug-likeness (QED) is 0.426.